The SMILES string of the molecule is CC1(c2cccc(C#N)c2)NC(=O)N(CC(=O)NC2(C#N)CCCC2)C1=O. The smallest absolute Gasteiger partial charge is 0.325 e. The van der Waals surface area contributed by atoms with Gasteiger partial charge in [-0.25, -0.2) is 4.79 Å². The predicted molar refractivity (Wildman–Crippen MR) is 93.7 cm³/mol. The second kappa shape index (κ2) is 6.73. The zero-order valence-electron chi connectivity index (χ0n) is 14.9. The van der Waals surface area contributed by atoms with Gasteiger partial charge in [0, 0.05) is 0 Å². The largest absolute Gasteiger partial charge is 0.336 e. The number of rotatable bonds is 4. The molecule has 4 amide bonds. The van der Waals surface area contributed by atoms with Gasteiger partial charge in [-0.1, -0.05) is 12.1 Å². The minimum Gasteiger partial charge on any atom is -0.336 e. The lowest BCUT2D eigenvalue weighted by Crippen LogP contribution is -2.50. The lowest BCUT2D eigenvalue weighted by Gasteiger charge is -2.24. The average molecular weight is 365 g/mol. The maximum Gasteiger partial charge on any atom is 0.325 e. The molecule has 1 heterocycles. The maximum atomic E-state index is 12.9. The summed E-state index contributed by atoms with van der Waals surface area (Å²) in [5, 5.41) is 23.7. The van der Waals surface area contributed by atoms with Crippen molar-refractivity contribution in [2.24, 2.45) is 0 Å². The highest BCUT2D eigenvalue weighted by Crippen LogP contribution is 2.30. The Bertz CT molecular complexity index is 891. The number of imide groups is 1. The normalized spacial score (nSPS) is 23.4. The van der Waals surface area contributed by atoms with Crippen LogP contribution in [0.3, 0.4) is 0 Å². The lowest BCUT2D eigenvalue weighted by atomic mass is 9.91. The molecule has 1 saturated heterocycles. The van der Waals surface area contributed by atoms with E-state index in [0.717, 1.165) is 17.7 Å². The minimum absolute atomic E-state index is 0.365. The molecule has 1 aliphatic carbocycles. The van der Waals surface area contributed by atoms with Gasteiger partial charge in [0.2, 0.25) is 5.91 Å². The van der Waals surface area contributed by atoms with Crippen LogP contribution in [-0.4, -0.2) is 34.8 Å². The fourth-order valence-electron chi connectivity index (χ4n) is 3.63. The minimum atomic E-state index is -1.36. The Morgan fingerprint density at radius 3 is 2.63 bits per heavy atom. The molecule has 1 aromatic rings. The molecule has 0 spiro atoms. The lowest BCUT2D eigenvalue weighted by molar-refractivity contribution is -0.135. The molecule has 1 aromatic carbocycles. The highest BCUT2D eigenvalue weighted by atomic mass is 16.2. The number of benzene rings is 1. The summed E-state index contributed by atoms with van der Waals surface area (Å²) in [5.74, 6) is -1.12. The molecule has 2 N–H and O–H groups in total. The summed E-state index contributed by atoms with van der Waals surface area (Å²) in [4.78, 5) is 38.4. The van der Waals surface area contributed by atoms with Crippen LogP contribution in [0.25, 0.3) is 0 Å². The Balaban J connectivity index is 1.77. The third-order valence-electron chi connectivity index (χ3n) is 5.20. The Kier molecular flexibility index (Phi) is 4.59. The second-order valence-corrected chi connectivity index (χ2v) is 7.09. The van der Waals surface area contributed by atoms with Crippen molar-refractivity contribution in [3.05, 3.63) is 35.4 Å². The number of carbonyl (C=O) groups excluding carboxylic acids is 3. The number of nitrogens with zero attached hydrogens (tertiary/aromatic N) is 3. The first-order chi connectivity index (χ1) is 12.8. The van der Waals surface area contributed by atoms with E-state index in [1.807, 2.05) is 6.07 Å². The summed E-state index contributed by atoms with van der Waals surface area (Å²) in [6.07, 6.45) is 2.83. The van der Waals surface area contributed by atoms with Gasteiger partial charge in [-0.2, -0.15) is 10.5 Å². The standard InChI is InChI=1S/C19H19N5O3/c1-18(14-6-4-5-13(9-14)10-20)16(26)24(17(27)23-18)11-15(25)22-19(12-21)7-2-3-8-19/h4-6,9H,2-3,7-8,11H2,1H3,(H,22,25)(H,23,27). The predicted octanol–water partition coefficient (Wildman–Crippen LogP) is 1.28. The van der Waals surface area contributed by atoms with Gasteiger partial charge in [-0.05, 0) is 50.3 Å². The molecule has 1 saturated carbocycles. The van der Waals surface area contributed by atoms with Crippen molar-refractivity contribution in [2.45, 2.75) is 43.7 Å². The van der Waals surface area contributed by atoms with Crippen LogP contribution in [0.1, 0.15) is 43.7 Å². The quantitative estimate of drug-likeness (QED) is 0.777. The summed E-state index contributed by atoms with van der Waals surface area (Å²) in [5.41, 5.74) is -1.44. The number of hydrogen-bond donors (Lipinski definition) is 2. The van der Waals surface area contributed by atoms with Crippen LogP contribution in [0.15, 0.2) is 24.3 Å². The van der Waals surface area contributed by atoms with Gasteiger partial charge in [0.25, 0.3) is 5.91 Å². The Labute approximate surface area is 156 Å². The highest BCUT2D eigenvalue weighted by molar-refractivity contribution is 6.09. The van der Waals surface area contributed by atoms with E-state index >= 15 is 0 Å². The van der Waals surface area contributed by atoms with Crippen LogP contribution in [0.2, 0.25) is 0 Å². The molecule has 27 heavy (non-hydrogen) atoms. The summed E-state index contributed by atoms with van der Waals surface area (Å²) in [7, 11) is 0. The van der Waals surface area contributed by atoms with E-state index in [1.54, 1.807) is 18.2 Å². The average Bonchev–Trinajstić information content (AvgIpc) is 3.21. The molecule has 1 atom stereocenters. The molecular weight excluding hydrogens is 346 g/mol. The molecule has 2 fully saturated rings. The third-order valence-corrected chi connectivity index (χ3v) is 5.20. The first-order valence-electron chi connectivity index (χ1n) is 8.71. The van der Waals surface area contributed by atoms with Crippen molar-refractivity contribution in [1.29, 1.82) is 10.5 Å². The van der Waals surface area contributed by atoms with Crippen molar-refractivity contribution in [2.75, 3.05) is 6.54 Å². The van der Waals surface area contributed by atoms with Gasteiger partial charge in [0.1, 0.15) is 17.6 Å². The zero-order chi connectivity index (χ0) is 19.7. The van der Waals surface area contributed by atoms with Gasteiger partial charge in [-0.3, -0.25) is 14.5 Å². The molecule has 8 heteroatoms. The highest BCUT2D eigenvalue weighted by Gasteiger charge is 2.50. The Morgan fingerprint density at radius 1 is 1.30 bits per heavy atom. The van der Waals surface area contributed by atoms with Crippen molar-refractivity contribution in [1.82, 2.24) is 15.5 Å². The molecule has 0 radical (unpaired) electrons. The molecule has 138 valence electrons. The van der Waals surface area contributed by atoms with E-state index < -0.39 is 35.5 Å². The number of urea groups is 1. The van der Waals surface area contributed by atoms with Crippen molar-refractivity contribution in [3.63, 3.8) is 0 Å². The molecule has 3 rings (SSSR count). The number of amides is 4. The molecule has 1 unspecified atom stereocenters. The Hall–Kier alpha value is -3.39. The molecular formula is C19H19N5O3. The van der Waals surface area contributed by atoms with Gasteiger partial charge in [0.15, 0.2) is 0 Å². The Morgan fingerprint density at radius 2 is 2.00 bits per heavy atom. The van der Waals surface area contributed by atoms with Gasteiger partial charge >= 0.3 is 6.03 Å². The summed E-state index contributed by atoms with van der Waals surface area (Å²) in [6.45, 7) is 1.08. The second-order valence-electron chi connectivity index (χ2n) is 7.09. The fraction of sp³-hybridized carbons (Fsp3) is 0.421. The fourth-order valence-corrected chi connectivity index (χ4v) is 3.63. The summed E-state index contributed by atoms with van der Waals surface area (Å²) < 4.78 is 0. The van der Waals surface area contributed by atoms with Crippen LogP contribution < -0.4 is 10.6 Å². The van der Waals surface area contributed by atoms with E-state index in [0.29, 0.717) is 24.0 Å². The topological polar surface area (TPSA) is 126 Å². The molecule has 0 aromatic heterocycles. The van der Waals surface area contributed by atoms with E-state index in [4.69, 9.17) is 5.26 Å². The monoisotopic (exact) mass is 365 g/mol. The van der Waals surface area contributed by atoms with Gasteiger partial charge in [-0.15, -0.1) is 0 Å². The van der Waals surface area contributed by atoms with Crippen LogP contribution in [0.5, 0.6) is 0 Å². The first kappa shape index (κ1) is 18.4. The van der Waals surface area contributed by atoms with E-state index in [-0.39, 0.29) is 0 Å². The number of nitriles is 2. The number of carbonyl (C=O) groups is 3. The zero-order valence-corrected chi connectivity index (χ0v) is 14.9. The van der Waals surface area contributed by atoms with E-state index in [1.165, 1.54) is 13.0 Å². The summed E-state index contributed by atoms with van der Waals surface area (Å²) in [6, 6.07) is 9.86. The number of nitrogens with one attached hydrogen (secondary N) is 2. The van der Waals surface area contributed by atoms with Crippen molar-refractivity contribution >= 4 is 17.8 Å². The molecule has 0 bridgehead atoms. The molecule has 1 aliphatic heterocycles. The van der Waals surface area contributed by atoms with Crippen LogP contribution in [0.4, 0.5) is 4.79 Å². The van der Waals surface area contributed by atoms with Crippen LogP contribution >= 0.6 is 0 Å². The maximum absolute atomic E-state index is 12.9. The van der Waals surface area contributed by atoms with E-state index in [2.05, 4.69) is 16.7 Å². The van der Waals surface area contributed by atoms with Gasteiger partial charge < -0.3 is 10.6 Å². The van der Waals surface area contributed by atoms with Crippen molar-refractivity contribution in [3.8, 4) is 12.1 Å². The van der Waals surface area contributed by atoms with Crippen molar-refractivity contribution < 1.29 is 14.4 Å². The van der Waals surface area contributed by atoms with E-state index in [9.17, 15) is 19.6 Å². The van der Waals surface area contributed by atoms with Gasteiger partial charge in [0.05, 0.1) is 17.7 Å². The van der Waals surface area contributed by atoms with Crippen LogP contribution in [0, 0.1) is 22.7 Å². The number of hydrogen-bond acceptors (Lipinski definition) is 5. The molecule has 2 aliphatic rings. The first-order valence-corrected chi connectivity index (χ1v) is 8.71. The third kappa shape index (κ3) is 3.22. The summed E-state index contributed by atoms with van der Waals surface area (Å²) >= 11 is 0. The van der Waals surface area contributed by atoms with Crippen LogP contribution in [-0.2, 0) is 15.1 Å². The molecule has 8 nitrogen and oxygen atoms in total.